The Labute approximate surface area is 166 Å². The first kappa shape index (κ1) is 20.7. The smallest absolute Gasteiger partial charge is 0.493 e. The molecule has 1 heterocycles. The van der Waals surface area contributed by atoms with Crippen molar-refractivity contribution in [2.45, 2.75) is 33.7 Å². The molecule has 0 spiro atoms. The standard InChI is InChI=1S/C21H21F3N2O3/c1-13(2)12-28-20-7-5-18(29-21(22,23)24)9-17(20)11-26-19-6-4-15(14(3)27)8-16(19)10-25-26/h4-10,13H,11-12H2,1-3H3. The van der Waals surface area contributed by atoms with Gasteiger partial charge in [-0.15, -0.1) is 13.2 Å². The average Bonchev–Trinajstić information content (AvgIpc) is 3.01. The number of rotatable bonds is 7. The Morgan fingerprint density at radius 3 is 2.59 bits per heavy atom. The van der Waals surface area contributed by atoms with Crippen molar-refractivity contribution in [3.05, 3.63) is 53.7 Å². The minimum atomic E-state index is -4.78. The molecule has 0 unspecified atom stereocenters. The van der Waals surface area contributed by atoms with Crippen molar-refractivity contribution >= 4 is 16.7 Å². The second-order valence-electron chi connectivity index (χ2n) is 7.15. The Kier molecular flexibility index (Phi) is 5.81. The summed E-state index contributed by atoms with van der Waals surface area (Å²) in [5.74, 6) is 0.350. The molecular formula is C21H21F3N2O3. The van der Waals surface area contributed by atoms with Crippen molar-refractivity contribution in [1.29, 1.82) is 0 Å². The molecule has 2 aromatic carbocycles. The van der Waals surface area contributed by atoms with Gasteiger partial charge in [-0.05, 0) is 49.2 Å². The van der Waals surface area contributed by atoms with Gasteiger partial charge in [-0.2, -0.15) is 5.10 Å². The van der Waals surface area contributed by atoms with Gasteiger partial charge >= 0.3 is 6.36 Å². The van der Waals surface area contributed by atoms with Gasteiger partial charge in [0, 0.05) is 16.5 Å². The van der Waals surface area contributed by atoms with Gasteiger partial charge in [-0.1, -0.05) is 13.8 Å². The Morgan fingerprint density at radius 2 is 1.93 bits per heavy atom. The van der Waals surface area contributed by atoms with Crippen molar-refractivity contribution in [3.63, 3.8) is 0 Å². The maximum atomic E-state index is 12.6. The lowest BCUT2D eigenvalue weighted by Crippen LogP contribution is -2.17. The fourth-order valence-electron chi connectivity index (χ4n) is 2.87. The van der Waals surface area contributed by atoms with Gasteiger partial charge in [-0.25, -0.2) is 0 Å². The number of nitrogens with zero attached hydrogens (tertiary/aromatic N) is 2. The number of hydrogen-bond donors (Lipinski definition) is 0. The molecule has 0 radical (unpaired) electrons. The predicted molar refractivity (Wildman–Crippen MR) is 102 cm³/mol. The number of halogens is 3. The van der Waals surface area contributed by atoms with E-state index in [0.29, 0.717) is 23.5 Å². The third-order valence-electron chi connectivity index (χ3n) is 4.21. The summed E-state index contributed by atoms with van der Waals surface area (Å²) >= 11 is 0. The topological polar surface area (TPSA) is 53.4 Å². The third-order valence-corrected chi connectivity index (χ3v) is 4.21. The molecule has 0 N–H and O–H groups in total. The Morgan fingerprint density at radius 1 is 1.17 bits per heavy atom. The molecule has 0 fully saturated rings. The molecule has 0 amide bonds. The van der Waals surface area contributed by atoms with Crippen LogP contribution in [0.15, 0.2) is 42.6 Å². The molecule has 1 aromatic heterocycles. The molecule has 8 heteroatoms. The van der Waals surface area contributed by atoms with Crippen LogP contribution in [-0.4, -0.2) is 28.5 Å². The number of carbonyl (C=O) groups is 1. The third kappa shape index (κ3) is 5.28. The fourth-order valence-corrected chi connectivity index (χ4v) is 2.87. The van der Waals surface area contributed by atoms with Crippen LogP contribution in [0.25, 0.3) is 10.9 Å². The van der Waals surface area contributed by atoms with Crippen molar-refractivity contribution in [2.75, 3.05) is 6.61 Å². The van der Waals surface area contributed by atoms with Gasteiger partial charge in [-0.3, -0.25) is 9.48 Å². The minimum absolute atomic E-state index is 0.0546. The molecule has 0 aliphatic heterocycles. The lowest BCUT2D eigenvalue weighted by molar-refractivity contribution is -0.274. The number of hydrogen-bond acceptors (Lipinski definition) is 4. The molecular weight excluding hydrogens is 385 g/mol. The van der Waals surface area contributed by atoms with Crippen LogP contribution in [0, 0.1) is 5.92 Å². The number of benzene rings is 2. The van der Waals surface area contributed by atoms with Gasteiger partial charge in [0.1, 0.15) is 11.5 Å². The van der Waals surface area contributed by atoms with Crippen molar-refractivity contribution in [3.8, 4) is 11.5 Å². The quantitative estimate of drug-likeness (QED) is 0.505. The van der Waals surface area contributed by atoms with Crippen molar-refractivity contribution < 1.29 is 27.4 Å². The monoisotopic (exact) mass is 406 g/mol. The SMILES string of the molecule is CC(=O)c1ccc2c(cnn2Cc2cc(OC(F)(F)F)ccc2OCC(C)C)c1. The van der Waals surface area contributed by atoms with Gasteiger partial charge in [0.05, 0.1) is 24.9 Å². The summed E-state index contributed by atoms with van der Waals surface area (Å²) in [5, 5.41) is 5.09. The summed E-state index contributed by atoms with van der Waals surface area (Å²) in [5.41, 5.74) is 1.83. The molecule has 154 valence electrons. The maximum Gasteiger partial charge on any atom is 0.573 e. The van der Waals surface area contributed by atoms with Crippen LogP contribution >= 0.6 is 0 Å². The van der Waals surface area contributed by atoms with E-state index in [-0.39, 0.29) is 24.0 Å². The highest BCUT2D eigenvalue weighted by molar-refractivity contribution is 5.97. The van der Waals surface area contributed by atoms with E-state index in [9.17, 15) is 18.0 Å². The first-order chi connectivity index (χ1) is 13.6. The maximum absolute atomic E-state index is 12.6. The van der Waals surface area contributed by atoms with Crippen LogP contribution in [-0.2, 0) is 6.54 Å². The van der Waals surface area contributed by atoms with Crippen LogP contribution < -0.4 is 9.47 Å². The highest BCUT2D eigenvalue weighted by Crippen LogP contribution is 2.30. The lowest BCUT2D eigenvalue weighted by atomic mass is 10.1. The molecule has 3 rings (SSSR count). The highest BCUT2D eigenvalue weighted by atomic mass is 19.4. The van der Waals surface area contributed by atoms with Crippen molar-refractivity contribution in [2.24, 2.45) is 5.92 Å². The molecule has 29 heavy (non-hydrogen) atoms. The zero-order valence-corrected chi connectivity index (χ0v) is 16.3. The first-order valence-corrected chi connectivity index (χ1v) is 9.10. The first-order valence-electron chi connectivity index (χ1n) is 9.10. The van der Waals surface area contributed by atoms with Gasteiger partial charge < -0.3 is 9.47 Å². The highest BCUT2D eigenvalue weighted by Gasteiger charge is 2.31. The van der Waals surface area contributed by atoms with Crippen LogP contribution in [0.3, 0.4) is 0 Å². The van der Waals surface area contributed by atoms with E-state index in [2.05, 4.69) is 9.84 Å². The molecule has 0 atom stereocenters. The number of alkyl halides is 3. The number of carbonyl (C=O) groups excluding carboxylic acids is 1. The lowest BCUT2D eigenvalue weighted by Gasteiger charge is -2.16. The van der Waals surface area contributed by atoms with Gasteiger partial charge in [0.25, 0.3) is 0 Å². The normalized spacial score (nSPS) is 11.8. The average molecular weight is 406 g/mol. The number of ketones is 1. The van der Waals surface area contributed by atoms with Crippen LogP contribution in [0.4, 0.5) is 13.2 Å². The molecule has 5 nitrogen and oxygen atoms in total. The van der Waals surface area contributed by atoms with E-state index in [1.54, 1.807) is 29.1 Å². The second-order valence-corrected chi connectivity index (χ2v) is 7.15. The van der Waals surface area contributed by atoms with Crippen LogP contribution in [0.5, 0.6) is 11.5 Å². The largest absolute Gasteiger partial charge is 0.573 e. The second kappa shape index (κ2) is 8.14. The number of ether oxygens (including phenoxy) is 2. The summed E-state index contributed by atoms with van der Waals surface area (Å²) in [6.45, 7) is 6.05. The van der Waals surface area contributed by atoms with E-state index in [1.165, 1.54) is 25.1 Å². The number of Topliss-reactive ketones (excluding diaryl/α,β-unsaturated/α-hetero) is 1. The molecule has 0 saturated heterocycles. The molecule has 0 aliphatic rings. The summed E-state index contributed by atoms with van der Waals surface area (Å²) in [4.78, 5) is 11.6. The Bertz CT molecular complexity index is 1030. The van der Waals surface area contributed by atoms with E-state index < -0.39 is 6.36 Å². The summed E-state index contributed by atoms with van der Waals surface area (Å²) in [6, 6.07) is 9.21. The molecule has 0 saturated carbocycles. The Balaban J connectivity index is 1.95. The van der Waals surface area contributed by atoms with Crippen LogP contribution in [0.2, 0.25) is 0 Å². The Hall–Kier alpha value is -3.03. The molecule has 3 aromatic rings. The fraction of sp³-hybridized carbons (Fsp3) is 0.333. The summed E-state index contributed by atoms with van der Waals surface area (Å²) in [6.07, 6.45) is -3.16. The van der Waals surface area contributed by atoms with Crippen molar-refractivity contribution in [1.82, 2.24) is 9.78 Å². The summed E-state index contributed by atoms with van der Waals surface area (Å²) < 4.78 is 49.3. The minimum Gasteiger partial charge on any atom is -0.493 e. The summed E-state index contributed by atoms with van der Waals surface area (Å²) in [7, 11) is 0. The molecule has 0 aliphatic carbocycles. The van der Waals surface area contributed by atoms with Gasteiger partial charge in [0.2, 0.25) is 0 Å². The zero-order chi connectivity index (χ0) is 21.2. The van der Waals surface area contributed by atoms with E-state index >= 15 is 0 Å². The number of aromatic nitrogens is 2. The van der Waals surface area contributed by atoms with E-state index in [1.807, 2.05) is 13.8 Å². The van der Waals surface area contributed by atoms with E-state index in [0.717, 1.165) is 10.9 Å². The predicted octanol–water partition coefficient (Wildman–Crippen LogP) is 5.22. The number of fused-ring (bicyclic) bond motifs is 1. The molecule has 0 bridgehead atoms. The van der Waals surface area contributed by atoms with Crippen LogP contribution in [0.1, 0.15) is 36.7 Å². The zero-order valence-electron chi connectivity index (χ0n) is 16.3. The van der Waals surface area contributed by atoms with E-state index in [4.69, 9.17) is 4.74 Å². The van der Waals surface area contributed by atoms with Gasteiger partial charge in [0.15, 0.2) is 5.78 Å².